The maximum atomic E-state index is 8.95. The molecule has 0 unspecified atom stereocenters. The normalized spacial score (nSPS) is 19.5. The van der Waals surface area contributed by atoms with E-state index >= 15 is 0 Å². The van der Waals surface area contributed by atoms with Crippen LogP contribution in [-0.4, -0.2) is 14.9 Å². The number of nitrogens with zero attached hydrogens (tertiary/aromatic N) is 2. The maximum absolute atomic E-state index is 8.95. The van der Waals surface area contributed by atoms with E-state index in [2.05, 4.69) is 5.10 Å². The molecule has 1 N–H and O–H groups in total. The third-order valence-corrected chi connectivity index (χ3v) is 3.04. The first-order chi connectivity index (χ1) is 6.90. The molecule has 0 atom stereocenters. The Morgan fingerprint density at radius 3 is 2.57 bits per heavy atom. The molecule has 3 nitrogen and oxygen atoms in total. The molecule has 1 saturated carbocycles. The minimum Gasteiger partial charge on any atom is -0.392 e. The van der Waals surface area contributed by atoms with Gasteiger partial charge in [0, 0.05) is 11.8 Å². The number of hydrogen-bond acceptors (Lipinski definition) is 2. The highest BCUT2D eigenvalue weighted by molar-refractivity contribution is 5.02. The number of hydrogen-bond donors (Lipinski definition) is 1. The lowest BCUT2D eigenvalue weighted by atomic mass is 10.1. The van der Waals surface area contributed by atoms with Gasteiger partial charge in [-0.05, 0) is 12.8 Å². The van der Waals surface area contributed by atoms with Crippen molar-refractivity contribution < 1.29 is 5.11 Å². The van der Waals surface area contributed by atoms with E-state index in [0.717, 1.165) is 5.56 Å². The molecule has 1 fully saturated rings. The molecular formula is C11H18N2O. The van der Waals surface area contributed by atoms with Gasteiger partial charge in [0.05, 0.1) is 18.8 Å². The molecule has 1 aromatic heterocycles. The summed E-state index contributed by atoms with van der Waals surface area (Å²) in [6.45, 7) is 0.104. The van der Waals surface area contributed by atoms with Crippen LogP contribution in [0.3, 0.4) is 0 Å². The SMILES string of the molecule is OCc1cnn(C2CCCCCC2)c1. The molecule has 0 bridgehead atoms. The third kappa shape index (κ3) is 2.15. The van der Waals surface area contributed by atoms with Gasteiger partial charge in [-0.2, -0.15) is 5.10 Å². The number of aliphatic hydroxyl groups is 1. The molecule has 1 aliphatic carbocycles. The van der Waals surface area contributed by atoms with E-state index in [0.29, 0.717) is 6.04 Å². The molecule has 0 radical (unpaired) electrons. The van der Waals surface area contributed by atoms with Crippen LogP contribution in [0.5, 0.6) is 0 Å². The molecule has 0 aliphatic heterocycles. The summed E-state index contributed by atoms with van der Waals surface area (Å²) in [5.74, 6) is 0. The number of aromatic nitrogens is 2. The van der Waals surface area contributed by atoms with Gasteiger partial charge in [0.15, 0.2) is 0 Å². The minimum absolute atomic E-state index is 0.104. The smallest absolute Gasteiger partial charge is 0.0712 e. The van der Waals surface area contributed by atoms with Gasteiger partial charge in [-0.3, -0.25) is 4.68 Å². The van der Waals surface area contributed by atoms with Gasteiger partial charge < -0.3 is 5.11 Å². The van der Waals surface area contributed by atoms with Gasteiger partial charge in [-0.25, -0.2) is 0 Å². The molecule has 1 heterocycles. The molecule has 3 heteroatoms. The molecule has 1 aliphatic rings. The Bertz CT molecular complexity index is 275. The highest BCUT2D eigenvalue weighted by Crippen LogP contribution is 2.26. The van der Waals surface area contributed by atoms with Crippen LogP contribution in [0.15, 0.2) is 12.4 Å². The Kier molecular flexibility index (Phi) is 3.19. The maximum Gasteiger partial charge on any atom is 0.0712 e. The predicted octanol–water partition coefficient (Wildman–Crippen LogP) is 2.27. The van der Waals surface area contributed by atoms with E-state index in [4.69, 9.17) is 5.11 Å². The van der Waals surface area contributed by atoms with Gasteiger partial charge in [-0.1, -0.05) is 25.7 Å². The summed E-state index contributed by atoms with van der Waals surface area (Å²) in [6.07, 6.45) is 11.6. The zero-order valence-corrected chi connectivity index (χ0v) is 8.52. The number of aliphatic hydroxyl groups excluding tert-OH is 1. The molecule has 14 heavy (non-hydrogen) atoms. The highest BCUT2D eigenvalue weighted by Gasteiger charge is 2.14. The zero-order valence-electron chi connectivity index (χ0n) is 8.52. The van der Waals surface area contributed by atoms with Crippen LogP contribution < -0.4 is 0 Å². The first-order valence-electron chi connectivity index (χ1n) is 5.54. The minimum atomic E-state index is 0.104. The van der Waals surface area contributed by atoms with E-state index < -0.39 is 0 Å². The average Bonchev–Trinajstić information content (AvgIpc) is 2.53. The fourth-order valence-corrected chi connectivity index (χ4v) is 2.18. The second kappa shape index (κ2) is 4.60. The largest absolute Gasteiger partial charge is 0.392 e. The van der Waals surface area contributed by atoms with Crippen molar-refractivity contribution in [2.24, 2.45) is 0 Å². The summed E-state index contributed by atoms with van der Waals surface area (Å²) in [4.78, 5) is 0. The van der Waals surface area contributed by atoms with Crippen molar-refractivity contribution in [3.63, 3.8) is 0 Å². The van der Waals surface area contributed by atoms with E-state index in [1.165, 1.54) is 38.5 Å². The molecule has 1 aromatic rings. The lowest BCUT2D eigenvalue weighted by Crippen LogP contribution is -2.08. The molecular weight excluding hydrogens is 176 g/mol. The van der Waals surface area contributed by atoms with Crippen molar-refractivity contribution in [3.8, 4) is 0 Å². The Labute approximate surface area is 84.7 Å². The van der Waals surface area contributed by atoms with Crippen LogP contribution in [0.2, 0.25) is 0 Å². The van der Waals surface area contributed by atoms with Crippen molar-refractivity contribution in [1.82, 2.24) is 9.78 Å². The van der Waals surface area contributed by atoms with Gasteiger partial charge in [0.25, 0.3) is 0 Å². The first-order valence-corrected chi connectivity index (χ1v) is 5.54. The summed E-state index contributed by atoms with van der Waals surface area (Å²) in [6, 6.07) is 0.567. The van der Waals surface area contributed by atoms with E-state index in [1.54, 1.807) is 6.20 Å². The van der Waals surface area contributed by atoms with E-state index in [1.807, 2.05) is 10.9 Å². The fourth-order valence-electron chi connectivity index (χ4n) is 2.18. The van der Waals surface area contributed by atoms with Crippen LogP contribution in [0.4, 0.5) is 0 Å². The van der Waals surface area contributed by atoms with Crippen molar-refractivity contribution in [2.75, 3.05) is 0 Å². The van der Waals surface area contributed by atoms with Gasteiger partial charge in [0.1, 0.15) is 0 Å². The van der Waals surface area contributed by atoms with Crippen LogP contribution in [0, 0.1) is 0 Å². The van der Waals surface area contributed by atoms with Gasteiger partial charge >= 0.3 is 0 Å². The van der Waals surface area contributed by atoms with Crippen LogP contribution in [0.25, 0.3) is 0 Å². The van der Waals surface area contributed by atoms with Crippen LogP contribution in [-0.2, 0) is 6.61 Å². The molecule has 0 spiro atoms. The van der Waals surface area contributed by atoms with Crippen LogP contribution >= 0.6 is 0 Å². The molecule has 0 aromatic carbocycles. The van der Waals surface area contributed by atoms with Gasteiger partial charge in [0.2, 0.25) is 0 Å². The Morgan fingerprint density at radius 1 is 1.29 bits per heavy atom. The first kappa shape index (κ1) is 9.71. The van der Waals surface area contributed by atoms with Crippen LogP contribution in [0.1, 0.15) is 50.1 Å². The second-order valence-electron chi connectivity index (χ2n) is 4.13. The average molecular weight is 194 g/mol. The van der Waals surface area contributed by atoms with E-state index in [-0.39, 0.29) is 6.61 Å². The van der Waals surface area contributed by atoms with Crippen molar-refractivity contribution in [3.05, 3.63) is 18.0 Å². The number of rotatable bonds is 2. The summed E-state index contributed by atoms with van der Waals surface area (Å²) in [7, 11) is 0. The highest BCUT2D eigenvalue weighted by atomic mass is 16.3. The lowest BCUT2D eigenvalue weighted by Gasteiger charge is -2.14. The topological polar surface area (TPSA) is 38.1 Å². The molecule has 78 valence electrons. The van der Waals surface area contributed by atoms with Crippen molar-refractivity contribution in [1.29, 1.82) is 0 Å². The summed E-state index contributed by atoms with van der Waals surface area (Å²) >= 11 is 0. The van der Waals surface area contributed by atoms with Crippen molar-refractivity contribution >= 4 is 0 Å². The Morgan fingerprint density at radius 2 is 2.00 bits per heavy atom. The van der Waals surface area contributed by atoms with Gasteiger partial charge in [-0.15, -0.1) is 0 Å². The van der Waals surface area contributed by atoms with E-state index in [9.17, 15) is 0 Å². The Hall–Kier alpha value is -0.830. The standard InChI is InChI=1S/C11H18N2O/c14-9-10-7-12-13(8-10)11-5-3-1-2-4-6-11/h7-8,11,14H,1-6,9H2. The zero-order chi connectivity index (χ0) is 9.80. The second-order valence-corrected chi connectivity index (χ2v) is 4.13. The monoisotopic (exact) mass is 194 g/mol. The third-order valence-electron chi connectivity index (χ3n) is 3.04. The predicted molar refractivity (Wildman–Crippen MR) is 54.9 cm³/mol. The summed E-state index contributed by atoms with van der Waals surface area (Å²) in [5.41, 5.74) is 0.925. The van der Waals surface area contributed by atoms with Crippen molar-refractivity contribution in [2.45, 2.75) is 51.2 Å². The summed E-state index contributed by atoms with van der Waals surface area (Å²) < 4.78 is 2.04. The molecule has 2 rings (SSSR count). The quantitative estimate of drug-likeness (QED) is 0.733. The molecule has 0 saturated heterocycles. The fraction of sp³-hybridized carbons (Fsp3) is 0.727. The molecule has 0 amide bonds. The summed E-state index contributed by atoms with van der Waals surface area (Å²) in [5, 5.41) is 13.3. The Balaban J connectivity index is 2.04. The lowest BCUT2D eigenvalue weighted by molar-refractivity contribution is 0.281.